The predicted octanol–water partition coefficient (Wildman–Crippen LogP) is 2.33. The minimum Gasteiger partial charge on any atom is -0.458 e. The summed E-state index contributed by atoms with van der Waals surface area (Å²) in [5.41, 5.74) is -5.95. The number of rotatable bonds is 2. The smallest absolute Gasteiger partial charge is 0.414 e. The number of aliphatic hydroxyl groups is 1. The number of ketones is 1. The first-order chi connectivity index (χ1) is 12.8. The van der Waals surface area contributed by atoms with Crippen molar-refractivity contribution in [1.82, 2.24) is 4.90 Å². The van der Waals surface area contributed by atoms with Crippen LogP contribution in [0, 0.1) is 0 Å². The molecule has 166 valence electrons. The van der Waals surface area contributed by atoms with Crippen molar-refractivity contribution < 1.29 is 38.5 Å². The second-order valence-corrected chi connectivity index (χ2v) is 10.0. The molecule has 1 aliphatic heterocycles. The van der Waals surface area contributed by atoms with Gasteiger partial charge in [-0.2, -0.15) is 0 Å². The number of carbonyl (C=O) groups is 4. The Kier molecular flexibility index (Phi) is 6.80. The van der Waals surface area contributed by atoms with Crippen molar-refractivity contribution in [3.05, 3.63) is 0 Å². The maximum absolute atomic E-state index is 12.9. The Balaban J connectivity index is 3.47. The van der Waals surface area contributed by atoms with Gasteiger partial charge in [0.05, 0.1) is 0 Å². The van der Waals surface area contributed by atoms with Crippen molar-refractivity contribution in [2.75, 3.05) is 0 Å². The average Bonchev–Trinajstić information content (AvgIpc) is 2.43. The molecule has 1 N–H and O–H groups in total. The molecular weight excluding hydrogens is 382 g/mol. The molecule has 0 aliphatic carbocycles. The number of amides is 1. The highest BCUT2D eigenvalue weighted by Crippen LogP contribution is 2.33. The third-order valence-electron chi connectivity index (χ3n) is 3.65. The standard InChI is InChI=1S/C20H33NO8/c1-17(2,3)27-14(23)12-10-11-13(22)20(26,15(24)28-18(4,5)6)21(12)16(25)29-19(7,8)9/h12,26H,10-11H2,1-9H3/t12-,20?/m0/s1. The minimum atomic E-state index is -3.00. The van der Waals surface area contributed by atoms with Crippen LogP contribution in [-0.4, -0.2) is 62.4 Å². The van der Waals surface area contributed by atoms with E-state index >= 15 is 0 Å². The van der Waals surface area contributed by atoms with Crippen molar-refractivity contribution in [1.29, 1.82) is 0 Å². The van der Waals surface area contributed by atoms with Crippen molar-refractivity contribution in [2.24, 2.45) is 0 Å². The molecule has 0 radical (unpaired) electrons. The number of nitrogens with zero attached hydrogens (tertiary/aromatic N) is 1. The number of Topliss-reactive ketones (excluding diaryl/α,β-unsaturated/α-hetero) is 1. The van der Waals surface area contributed by atoms with E-state index in [0.717, 1.165) is 0 Å². The van der Waals surface area contributed by atoms with Gasteiger partial charge in [0.2, 0.25) is 0 Å². The molecule has 9 nitrogen and oxygen atoms in total. The second kappa shape index (κ2) is 7.93. The molecule has 1 amide bonds. The molecule has 1 rings (SSSR count). The maximum atomic E-state index is 12.9. The first kappa shape index (κ1) is 24.9. The number of carbonyl (C=O) groups excluding carboxylic acids is 4. The number of ether oxygens (including phenoxy) is 3. The lowest BCUT2D eigenvalue weighted by Crippen LogP contribution is -2.70. The summed E-state index contributed by atoms with van der Waals surface area (Å²) in [7, 11) is 0. The van der Waals surface area contributed by atoms with Gasteiger partial charge >= 0.3 is 23.8 Å². The summed E-state index contributed by atoms with van der Waals surface area (Å²) in [5.74, 6) is -3.18. The molecule has 1 saturated heterocycles. The molecule has 9 heteroatoms. The molecule has 0 aromatic rings. The van der Waals surface area contributed by atoms with Crippen LogP contribution in [0.4, 0.5) is 4.79 Å². The fourth-order valence-corrected chi connectivity index (χ4v) is 2.66. The zero-order valence-electron chi connectivity index (χ0n) is 18.7. The van der Waals surface area contributed by atoms with E-state index < -0.39 is 52.4 Å². The van der Waals surface area contributed by atoms with Gasteiger partial charge in [0, 0.05) is 6.42 Å². The summed E-state index contributed by atoms with van der Waals surface area (Å²) in [6, 6.07) is -1.40. The fraction of sp³-hybridized carbons (Fsp3) is 0.800. The summed E-state index contributed by atoms with van der Waals surface area (Å²) in [6.07, 6.45) is -1.65. The molecule has 1 unspecified atom stereocenters. The number of likely N-dealkylation sites (tertiary alicyclic amines) is 1. The molecule has 1 heterocycles. The Hall–Kier alpha value is -2.16. The van der Waals surface area contributed by atoms with E-state index in [1.807, 2.05) is 0 Å². The second-order valence-electron chi connectivity index (χ2n) is 10.0. The van der Waals surface area contributed by atoms with Gasteiger partial charge in [-0.1, -0.05) is 0 Å². The van der Waals surface area contributed by atoms with Crippen LogP contribution in [0.2, 0.25) is 0 Å². The summed E-state index contributed by atoms with van der Waals surface area (Å²) in [5, 5.41) is 11.1. The van der Waals surface area contributed by atoms with Crippen LogP contribution in [0.25, 0.3) is 0 Å². The minimum absolute atomic E-state index is 0.127. The molecule has 29 heavy (non-hydrogen) atoms. The van der Waals surface area contributed by atoms with Gasteiger partial charge in [0.1, 0.15) is 22.8 Å². The zero-order chi connectivity index (χ0) is 23.0. The van der Waals surface area contributed by atoms with Gasteiger partial charge in [-0.25, -0.2) is 19.3 Å². The van der Waals surface area contributed by atoms with Crippen molar-refractivity contribution in [3.63, 3.8) is 0 Å². The SMILES string of the molecule is CC(C)(C)OC(=O)[C@@H]1CCC(=O)C(O)(C(=O)OC(C)(C)C)N1C(=O)OC(C)(C)C. The lowest BCUT2D eigenvalue weighted by Gasteiger charge is -2.44. The average molecular weight is 415 g/mol. The van der Waals surface area contributed by atoms with E-state index in [1.54, 1.807) is 62.3 Å². The summed E-state index contributed by atoms with van der Waals surface area (Å²) >= 11 is 0. The van der Waals surface area contributed by atoms with Gasteiger partial charge in [-0.3, -0.25) is 4.79 Å². The van der Waals surface area contributed by atoms with Gasteiger partial charge in [-0.05, 0) is 68.7 Å². The van der Waals surface area contributed by atoms with Crippen LogP contribution < -0.4 is 0 Å². The molecule has 2 atom stereocenters. The highest BCUT2D eigenvalue weighted by atomic mass is 16.6. The first-order valence-corrected chi connectivity index (χ1v) is 9.52. The van der Waals surface area contributed by atoms with Crippen molar-refractivity contribution in [3.8, 4) is 0 Å². The monoisotopic (exact) mass is 415 g/mol. The highest BCUT2D eigenvalue weighted by Gasteiger charge is 2.61. The first-order valence-electron chi connectivity index (χ1n) is 9.52. The lowest BCUT2D eigenvalue weighted by molar-refractivity contribution is -0.210. The van der Waals surface area contributed by atoms with Crippen LogP contribution in [0.5, 0.6) is 0 Å². The highest BCUT2D eigenvalue weighted by molar-refractivity contribution is 6.10. The lowest BCUT2D eigenvalue weighted by atomic mass is 9.91. The van der Waals surface area contributed by atoms with E-state index in [4.69, 9.17) is 14.2 Å². The van der Waals surface area contributed by atoms with Crippen LogP contribution >= 0.6 is 0 Å². The summed E-state index contributed by atoms with van der Waals surface area (Å²) in [4.78, 5) is 51.5. The van der Waals surface area contributed by atoms with Crippen LogP contribution in [0.3, 0.4) is 0 Å². The largest absolute Gasteiger partial charge is 0.458 e. The van der Waals surface area contributed by atoms with E-state index in [-0.39, 0.29) is 12.8 Å². The van der Waals surface area contributed by atoms with Gasteiger partial charge in [0.25, 0.3) is 0 Å². The molecular formula is C20H33NO8. The van der Waals surface area contributed by atoms with Crippen LogP contribution in [0.15, 0.2) is 0 Å². The zero-order valence-corrected chi connectivity index (χ0v) is 18.7. The number of piperidine rings is 1. The predicted molar refractivity (Wildman–Crippen MR) is 103 cm³/mol. The molecule has 0 bridgehead atoms. The van der Waals surface area contributed by atoms with Gasteiger partial charge < -0.3 is 19.3 Å². The Labute approximate surface area is 171 Å². The third kappa shape index (κ3) is 6.42. The normalized spacial score (nSPS) is 23.4. The van der Waals surface area contributed by atoms with E-state index in [2.05, 4.69) is 0 Å². The molecule has 0 spiro atoms. The Bertz CT molecular complexity index is 680. The van der Waals surface area contributed by atoms with E-state index in [9.17, 15) is 24.3 Å². The Morgan fingerprint density at radius 2 is 1.34 bits per heavy atom. The molecule has 0 aromatic heterocycles. The molecule has 0 aromatic carbocycles. The quantitative estimate of drug-likeness (QED) is 0.415. The Morgan fingerprint density at radius 3 is 1.76 bits per heavy atom. The van der Waals surface area contributed by atoms with E-state index in [0.29, 0.717) is 4.90 Å². The fourth-order valence-electron chi connectivity index (χ4n) is 2.66. The number of hydrogen-bond acceptors (Lipinski definition) is 8. The number of esters is 2. The van der Waals surface area contributed by atoms with Crippen molar-refractivity contribution in [2.45, 2.75) is 104 Å². The van der Waals surface area contributed by atoms with Crippen LogP contribution in [0.1, 0.15) is 75.2 Å². The maximum Gasteiger partial charge on any atom is 0.414 e. The van der Waals surface area contributed by atoms with Gasteiger partial charge in [-0.15, -0.1) is 0 Å². The van der Waals surface area contributed by atoms with Crippen LogP contribution in [-0.2, 0) is 28.6 Å². The van der Waals surface area contributed by atoms with E-state index in [1.165, 1.54) is 0 Å². The van der Waals surface area contributed by atoms with Crippen molar-refractivity contribution >= 4 is 23.8 Å². The molecule has 1 aliphatic rings. The number of hydrogen-bond donors (Lipinski definition) is 1. The van der Waals surface area contributed by atoms with Gasteiger partial charge in [0.15, 0.2) is 5.78 Å². The summed E-state index contributed by atoms with van der Waals surface area (Å²) in [6.45, 7) is 14.3. The topological polar surface area (TPSA) is 119 Å². The third-order valence-corrected chi connectivity index (χ3v) is 3.65. The molecule has 0 saturated carbocycles. The Morgan fingerprint density at radius 1 is 0.897 bits per heavy atom. The molecule has 1 fully saturated rings. The summed E-state index contributed by atoms with van der Waals surface area (Å²) < 4.78 is 15.8.